The summed E-state index contributed by atoms with van der Waals surface area (Å²) in [5.74, 6) is 3.37. The van der Waals surface area contributed by atoms with Gasteiger partial charge in [-0.1, -0.05) is 6.42 Å². The first-order valence-corrected chi connectivity index (χ1v) is 11.7. The van der Waals surface area contributed by atoms with E-state index in [1.54, 1.807) is 0 Å². The third-order valence-corrected chi connectivity index (χ3v) is 7.19. The molecule has 3 aliphatic heterocycles. The van der Waals surface area contributed by atoms with Crippen LogP contribution < -0.4 is 38.2 Å². The summed E-state index contributed by atoms with van der Waals surface area (Å²) in [5, 5.41) is 2.26. The van der Waals surface area contributed by atoms with Gasteiger partial charge in [-0.05, 0) is 37.5 Å². The number of nitrogens with two attached hydrogens (primary N) is 4. The summed E-state index contributed by atoms with van der Waals surface area (Å²) in [4.78, 5) is 18.5. The average molecular weight is 432 g/mol. The smallest absolute Gasteiger partial charge is 0.244 e. The molecule has 1 saturated carbocycles. The maximum absolute atomic E-state index is 6.23. The van der Waals surface area contributed by atoms with Crippen LogP contribution in [0.15, 0.2) is 0 Å². The number of anilines is 3. The van der Waals surface area contributed by atoms with Crippen LogP contribution in [0.5, 0.6) is 0 Å². The standard InChI is InChI=1S/C20H37N11/c21-14-4-15(22)9-29(8-14)19-25-18(28-31-6-12-2-1-3-13(12)7-31)26-20(27-19)30-10-16(23)5-17(24)11-30/h12-17H,1-11,21-24H2,(H,25,26,27,28)/t12?,13?,14-,15+,16-,17+. The Labute approximate surface area is 183 Å². The Bertz CT molecular complexity index is 699. The highest BCUT2D eigenvalue weighted by Gasteiger charge is 2.37. The maximum Gasteiger partial charge on any atom is 0.244 e. The number of nitrogens with zero attached hydrogens (tertiary/aromatic N) is 6. The predicted octanol–water partition coefficient (Wildman–Crippen LogP) is -1.34. The lowest BCUT2D eigenvalue weighted by atomic mass is 10.0. The summed E-state index contributed by atoms with van der Waals surface area (Å²) >= 11 is 0. The van der Waals surface area contributed by atoms with Crippen LogP contribution in [0.1, 0.15) is 32.1 Å². The van der Waals surface area contributed by atoms with Crippen molar-refractivity contribution in [1.82, 2.24) is 20.0 Å². The summed E-state index contributed by atoms with van der Waals surface area (Å²) in [6.07, 6.45) is 5.62. The SMILES string of the molecule is N[C@@H]1C[C@H](N)CN(c2nc(NN3CC4CCCC4C3)nc(N3C[C@H](N)C[C@H](N)C3)n2)C1. The van der Waals surface area contributed by atoms with E-state index in [-0.39, 0.29) is 24.2 Å². The lowest BCUT2D eigenvalue weighted by molar-refractivity contribution is 0.368. The van der Waals surface area contributed by atoms with Gasteiger partial charge < -0.3 is 32.7 Å². The molecule has 172 valence electrons. The second-order valence-corrected chi connectivity index (χ2v) is 10.0. The van der Waals surface area contributed by atoms with Gasteiger partial charge in [0.2, 0.25) is 17.8 Å². The molecule has 3 saturated heterocycles. The van der Waals surface area contributed by atoms with Gasteiger partial charge in [-0.25, -0.2) is 5.01 Å². The van der Waals surface area contributed by atoms with E-state index in [0.717, 1.165) is 37.8 Å². The molecular formula is C20H37N11. The largest absolute Gasteiger partial charge is 0.338 e. The lowest BCUT2D eigenvalue weighted by Crippen LogP contribution is -2.54. The minimum atomic E-state index is 0.00941. The number of hydrogen-bond acceptors (Lipinski definition) is 11. The van der Waals surface area contributed by atoms with Gasteiger partial charge in [-0.15, -0.1) is 0 Å². The number of rotatable bonds is 4. The molecule has 4 aliphatic rings. The molecule has 9 N–H and O–H groups in total. The molecule has 5 rings (SSSR count). The van der Waals surface area contributed by atoms with E-state index in [2.05, 4.69) is 20.2 Å². The van der Waals surface area contributed by atoms with Crippen molar-refractivity contribution in [3.8, 4) is 0 Å². The Kier molecular flexibility index (Phi) is 5.86. The Morgan fingerprint density at radius 3 is 1.55 bits per heavy atom. The van der Waals surface area contributed by atoms with Gasteiger partial charge >= 0.3 is 0 Å². The molecular weight excluding hydrogens is 394 g/mol. The fraction of sp³-hybridized carbons (Fsp3) is 0.850. The molecule has 0 spiro atoms. The Hall–Kier alpha value is -1.79. The molecule has 0 aromatic carbocycles. The molecule has 4 heterocycles. The molecule has 31 heavy (non-hydrogen) atoms. The summed E-state index contributed by atoms with van der Waals surface area (Å²) in [7, 11) is 0. The minimum Gasteiger partial charge on any atom is -0.338 e. The number of hydrogen-bond donors (Lipinski definition) is 5. The van der Waals surface area contributed by atoms with Crippen LogP contribution in [0, 0.1) is 11.8 Å². The minimum absolute atomic E-state index is 0.00941. The summed E-state index contributed by atoms with van der Waals surface area (Å²) in [6, 6.07) is 0.0376. The molecule has 1 aliphatic carbocycles. The van der Waals surface area contributed by atoms with Gasteiger partial charge in [-0.2, -0.15) is 15.0 Å². The second-order valence-electron chi connectivity index (χ2n) is 10.0. The van der Waals surface area contributed by atoms with Gasteiger partial charge in [0, 0.05) is 63.4 Å². The van der Waals surface area contributed by atoms with E-state index in [9.17, 15) is 0 Å². The summed E-state index contributed by atoms with van der Waals surface area (Å²) in [5.41, 5.74) is 28.4. The van der Waals surface area contributed by atoms with E-state index < -0.39 is 0 Å². The Morgan fingerprint density at radius 2 is 1.10 bits per heavy atom. The summed E-state index contributed by atoms with van der Waals surface area (Å²) in [6.45, 7) is 4.82. The molecule has 1 aromatic rings. The highest BCUT2D eigenvalue weighted by molar-refractivity contribution is 5.46. The molecule has 0 bridgehead atoms. The number of piperidine rings is 2. The quantitative estimate of drug-likeness (QED) is 0.383. The zero-order valence-corrected chi connectivity index (χ0v) is 18.2. The van der Waals surface area contributed by atoms with Crippen molar-refractivity contribution < 1.29 is 0 Å². The number of hydrazine groups is 1. The van der Waals surface area contributed by atoms with Gasteiger partial charge in [0.05, 0.1) is 0 Å². The van der Waals surface area contributed by atoms with Crippen molar-refractivity contribution in [3.63, 3.8) is 0 Å². The van der Waals surface area contributed by atoms with Gasteiger partial charge in [0.1, 0.15) is 0 Å². The van der Waals surface area contributed by atoms with Crippen molar-refractivity contribution in [2.75, 3.05) is 54.5 Å². The zero-order chi connectivity index (χ0) is 21.5. The second kappa shape index (κ2) is 8.62. The number of fused-ring (bicyclic) bond motifs is 1. The van der Waals surface area contributed by atoms with Crippen molar-refractivity contribution in [2.45, 2.75) is 56.3 Å². The molecule has 6 atom stereocenters. The molecule has 0 radical (unpaired) electrons. The average Bonchev–Trinajstić information content (AvgIpc) is 3.28. The van der Waals surface area contributed by atoms with Crippen molar-refractivity contribution >= 4 is 17.8 Å². The molecule has 11 heteroatoms. The predicted molar refractivity (Wildman–Crippen MR) is 121 cm³/mol. The first kappa shape index (κ1) is 21.1. The van der Waals surface area contributed by atoms with E-state index in [0.29, 0.717) is 44.0 Å². The summed E-state index contributed by atoms with van der Waals surface area (Å²) < 4.78 is 0. The first-order chi connectivity index (χ1) is 14.9. The van der Waals surface area contributed by atoms with E-state index in [1.165, 1.54) is 19.3 Å². The van der Waals surface area contributed by atoms with Crippen LogP contribution in [-0.4, -0.2) is 83.4 Å². The number of nitrogens with one attached hydrogen (secondary N) is 1. The van der Waals surface area contributed by atoms with Crippen LogP contribution >= 0.6 is 0 Å². The molecule has 11 nitrogen and oxygen atoms in total. The molecule has 2 unspecified atom stereocenters. The monoisotopic (exact) mass is 431 g/mol. The molecule has 4 fully saturated rings. The van der Waals surface area contributed by atoms with Crippen LogP contribution in [0.25, 0.3) is 0 Å². The van der Waals surface area contributed by atoms with E-state index in [1.807, 2.05) is 0 Å². The fourth-order valence-corrected chi connectivity index (χ4v) is 5.84. The van der Waals surface area contributed by atoms with Gasteiger partial charge in [0.25, 0.3) is 0 Å². The first-order valence-electron chi connectivity index (χ1n) is 11.7. The van der Waals surface area contributed by atoms with Crippen molar-refractivity contribution in [1.29, 1.82) is 0 Å². The van der Waals surface area contributed by atoms with Crippen LogP contribution in [0.4, 0.5) is 17.8 Å². The van der Waals surface area contributed by atoms with E-state index >= 15 is 0 Å². The lowest BCUT2D eigenvalue weighted by Gasteiger charge is -2.37. The van der Waals surface area contributed by atoms with E-state index in [4.69, 9.17) is 37.9 Å². The van der Waals surface area contributed by atoms with Crippen LogP contribution in [-0.2, 0) is 0 Å². The van der Waals surface area contributed by atoms with Crippen molar-refractivity contribution in [3.05, 3.63) is 0 Å². The molecule has 0 amide bonds. The highest BCUT2D eigenvalue weighted by Crippen LogP contribution is 2.37. The topological polar surface area (TPSA) is 164 Å². The number of aromatic nitrogens is 3. The normalized spacial score (nSPS) is 36.6. The van der Waals surface area contributed by atoms with Crippen molar-refractivity contribution in [2.24, 2.45) is 34.8 Å². The van der Waals surface area contributed by atoms with Gasteiger partial charge in [-0.3, -0.25) is 5.43 Å². The Morgan fingerprint density at radius 1 is 0.645 bits per heavy atom. The molecule has 1 aromatic heterocycles. The zero-order valence-electron chi connectivity index (χ0n) is 18.2. The Balaban J connectivity index is 1.40. The van der Waals surface area contributed by atoms with Gasteiger partial charge in [0.15, 0.2) is 0 Å². The maximum atomic E-state index is 6.23. The fourth-order valence-electron chi connectivity index (χ4n) is 5.84. The third kappa shape index (κ3) is 4.70. The highest BCUT2D eigenvalue weighted by atomic mass is 15.6. The third-order valence-electron chi connectivity index (χ3n) is 7.19. The van der Waals surface area contributed by atoms with Crippen LogP contribution in [0.2, 0.25) is 0 Å². The van der Waals surface area contributed by atoms with Crippen LogP contribution in [0.3, 0.4) is 0 Å².